The Hall–Kier alpha value is -1.65. The van der Waals surface area contributed by atoms with Gasteiger partial charge in [0.05, 0.1) is 0 Å². The molecule has 0 aliphatic rings. The van der Waals surface area contributed by atoms with E-state index in [1.807, 2.05) is 0 Å². The summed E-state index contributed by atoms with van der Waals surface area (Å²) in [6.45, 7) is 0.721. The van der Waals surface area contributed by atoms with Gasteiger partial charge in [-0.25, -0.2) is 0 Å². The number of hydrogen-bond donors (Lipinski definition) is 1. The summed E-state index contributed by atoms with van der Waals surface area (Å²) in [4.78, 5) is 13.2. The minimum absolute atomic E-state index is 0.163. The van der Waals surface area contributed by atoms with Crippen molar-refractivity contribution in [2.75, 3.05) is 6.54 Å². The zero-order valence-corrected chi connectivity index (χ0v) is 14.0. The van der Waals surface area contributed by atoms with Crippen molar-refractivity contribution in [3.63, 3.8) is 0 Å². The van der Waals surface area contributed by atoms with Crippen LogP contribution in [0.2, 0.25) is 0 Å². The fraction of sp³-hybridized carbons (Fsp3) is 0.278. The highest BCUT2D eigenvalue weighted by molar-refractivity contribution is 7.17. The third-order valence-corrected chi connectivity index (χ3v) is 5.63. The summed E-state index contributed by atoms with van der Waals surface area (Å²) in [5.41, 5.74) is 1.33. The zero-order chi connectivity index (χ0) is 15.2. The molecule has 0 saturated heterocycles. The van der Waals surface area contributed by atoms with Crippen molar-refractivity contribution in [3.05, 3.63) is 57.6 Å². The highest BCUT2D eigenvalue weighted by atomic mass is 32.1. The molecule has 0 spiro atoms. The van der Waals surface area contributed by atoms with E-state index in [1.54, 1.807) is 22.7 Å². The van der Waals surface area contributed by atoms with Crippen LogP contribution >= 0.6 is 22.7 Å². The molecule has 1 N–H and O–H groups in total. The quantitative estimate of drug-likeness (QED) is 0.672. The molecule has 0 fully saturated rings. The van der Waals surface area contributed by atoms with Crippen molar-refractivity contribution in [2.45, 2.75) is 25.7 Å². The predicted octanol–water partition coefficient (Wildman–Crippen LogP) is 4.64. The third-order valence-electron chi connectivity index (χ3n) is 3.68. The highest BCUT2D eigenvalue weighted by Crippen LogP contribution is 2.25. The molecule has 1 aromatic carbocycles. The van der Waals surface area contributed by atoms with E-state index in [0.717, 1.165) is 25.8 Å². The highest BCUT2D eigenvalue weighted by Gasteiger charge is 2.05. The van der Waals surface area contributed by atoms with Crippen LogP contribution < -0.4 is 5.32 Å². The number of hydrogen-bond acceptors (Lipinski definition) is 3. The average molecular weight is 329 g/mol. The van der Waals surface area contributed by atoms with Crippen LogP contribution in [-0.4, -0.2) is 12.5 Å². The van der Waals surface area contributed by atoms with Gasteiger partial charge in [0.15, 0.2) is 0 Å². The van der Waals surface area contributed by atoms with Gasteiger partial charge in [-0.1, -0.05) is 24.3 Å². The van der Waals surface area contributed by atoms with Crippen LogP contribution in [-0.2, 0) is 17.6 Å². The molecule has 0 aliphatic carbocycles. The zero-order valence-electron chi connectivity index (χ0n) is 12.4. The van der Waals surface area contributed by atoms with Crippen molar-refractivity contribution in [1.82, 2.24) is 5.32 Å². The van der Waals surface area contributed by atoms with E-state index in [9.17, 15) is 4.79 Å². The fourth-order valence-corrected chi connectivity index (χ4v) is 4.28. The van der Waals surface area contributed by atoms with Gasteiger partial charge in [0.1, 0.15) is 0 Å². The number of carbonyl (C=O) groups excluding carboxylic acids is 1. The number of rotatable bonds is 7. The van der Waals surface area contributed by atoms with Crippen molar-refractivity contribution in [2.24, 2.45) is 0 Å². The molecule has 0 bridgehead atoms. The minimum atomic E-state index is 0.163. The third kappa shape index (κ3) is 3.96. The Morgan fingerprint density at radius 3 is 2.82 bits per heavy atom. The lowest BCUT2D eigenvalue weighted by atomic mass is 10.1. The van der Waals surface area contributed by atoms with Crippen molar-refractivity contribution < 1.29 is 4.79 Å². The van der Waals surface area contributed by atoms with Gasteiger partial charge in [-0.3, -0.25) is 4.79 Å². The van der Waals surface area contributed by atoms with Crippen molar-refractivity contribution in [1.29, 1.82) is 0 Å². The first-order valence-electron chi connectivity index (χ1n) is 7.57. The Bertz CT molecular complexity index is 730. The number of carbonyl (C=O) groups is 1. The molecular weight excluding hydrogens is 310 g/mol. The molecule has 3 aromatic rings. The summed E-state index contributed by atoms with van der Waals surface area (Å²) in [5, 5.41) is 8.64. The van der Waals surface area contributed by atoms with Crippen LogP contribution in [0.3, 0.4) is 0 Å². The Labute approximate surface area is 138 Å². The Kier molecular flexibility index (Phi) is 5.24. The van der Waals surface area contributed by atoms with Crippen LogP contribution in [0.4, 0.5) is 0 Å². The molecule has 0 aliphatic heterocycles. The number of amides is 1. The van der Waals surface area contributed by atoms with Crippen LogP contribution in [0.5, 0.6) is 0 Å². The molecule has 2 heterocycles. The van der Waals surface area contributed by atoms with Gasteiger partial charge in [0, 0.05) is 22.5 Å². The molecule has 0 atom stereocenters. The van der Waals surface area contributed by atoms with Gasteiger partial charge in [-0.2, -0.15) is 0 Å². The van der Waals surface area contributed by atoms with E-state index in [0.29, 0.717) is 6.42 Å². The number of aryl methyl sites for hydroxylation is 1. The van der Waals surface area contributed by atoms with Gasteiger partial charge >= 0.3 is 0 Å². The summed E-state index contributed by atoms with van der Waals surface area (Å²) in [6.07, 6.45) is 3.44. The summed E-state index contributed by atoms with van der Waals surface area (Å²) in [6, 6.07) is 12.6. The first-order chi connectivity index (χ1) is 10.8. The lowest BCUT2D eigenvalue weighted by Crippen LogP contribution is -2.25. The van der Waals surface area contributed by atoms with Crippen molar-refractivity contribution in [3.8, 4) is 0 Å². The number of thiophene rings is 2. The molecule has 22 heavy (non-hydrogen) atoms. The SMILES string of the molecule is O=C(CCCc1cccs1)NCCc1csc2ccccc12. The normalized spacial score (nSPS) is 10.9. The summed E-state index contributed by atoms with van der Waals surface area (Å²) in [5.74, 6) is 0.163. The molecule has 1 amide bonds. The van der Waals surface area contributed by atoms with Crippen LogP contribution in [0.25, 0.3) is 10.1 Å². The maximum absolute atomic E-state index is 11.9. The summed E-state index contributed by atoms with van der Waals surface area (Å²) >= 11 is 3.53. The number of fused-ring (bicyclic) bond motifs is 1. The average Bonchev–Trinajstić information content (AvgIpc) is 3.17. The molecular formula is C18H19NOS2. The van der Waals surface area contributed by atoms with Crippen molar-refractivity contribution >= 4 is 38.7 Å². The first-order valence-corrected chi connectivity index (χ1v) is 9.33. The van der Waals surface area contributed by atoms with Crippen LogP contribution in [0.1, 0.15) is 23.3 Å². The molecule has 3 rings (SSSR count). The maximum atomic E-state index is 11.9. The van der Waals surface area contributed by atoms with Crippen LogP contribution in [0, 0.1) is 0 Å². The lowest BCUT2D eigenvalue weighted by Gasteiger charge is -2.04. The molecule has 0 saturated carbocycles. The topological polar surface area (TPSA) is 29.1 Å². The number of nitrogens with one attached hydrogen (secondary N) is 1. The predicted molar refractivity (Wildman–Crippen MR) is 95.8 cm³/mol. The standard InChI is InChI=1S/C18H19NOS2/c20-18(9-3-5-15-6-4-12-21-15)19-11-10-14-13-22-17-8-2-1-7-16(14)17/h1-2,4,6-8,12-13H,3,5,9-11H2,(H,19,20). The second kappa shape index (κ2) is 7.56. The molecule has 4 heteroatoms. The smallest absolute Gasteiger partial charge is 0.220 e. The van der Waals surface area contributed by atoms with Gasteiger partial charge in [0.2, 0.25) is 5.91 Å². The molecule has 114 valence electrons. The maximum Gasteiger partial charge on any atom is 0.220 e. The number of benzene rings is 1. The van der Waals surface area contributed by atoms with E-state index in [4.69, 9.17) is 0 Å². The first kappa shape index (κ1) is 15.3. The molecule has 0 unspecified atom stereocenters. The second-order valence-electron chi connectivity index (χ2n) is 5.29. The van der Waals surface area contributed by atoms with Crippen LogP contribution in [0.15, 0.2) is 47.2 Å². The summed E-state index contributed by atoms with van der Waals surface area (Å²) in [7, 11) is 0. The minimum Gasteiger partial charge on any atom is -0.356 e. The van der Waals surface area contributed by atoms with Gasteiger partial charge < -0.3 is 5.32 Å². The van der Waals surface area contributed by atoms with E-state index in [1.165, 1.54) is 20.5 Å². The Morgan fingerprint density at radius 1 is 1.05 bits per heavy atom. The second-order valence-corrected chi connectivity index (χ2v) is 7.23. The van der Waals surface area contributed by atoms with E-state index < -0.39 is 0 Å². The monoisotopic (exact) mass is 329 g/mol. The van der Waals surface area contributed by atoms with Gasteiger partial charge in [-0.05, 0) is 53.1 Å². The lowest BCUT2D eigenvalue weighted by molar-refractivity contribution is -0.121. The Morgan fingerprint density at radius 2 is 1.95 bits per heavy atom. The van der Waals surface area contributed by atoms with E-state index in [-0.39, 0.29) is 5.91 Å². The molecule has 0 radical (unpaired) electrons. The molecule has 2 aromatic heterocycles. The summed E-state index contributed by atoms with van der Waals surface area (Å²) < 4.78 is 1.32. The molecule has 2 nitrogen and oxygen atoms in total. The van der Waals surface area contributed by atoms with E-state index >= 15 is 0 Å². The van der Waals surface area contributed by atoms with E-state index in [2.05, 4.69) is 52.5 Å². The fourth-order valence-electron chi connectivity index (χ4n) is 2.53. The van der Waals surface area contributed by atoms with Gasteiger partial charge in [0.25, 0.3) is 0 Å². The largest absolute Gasteiger partial charge is 0.356 e. The Balaban J connectivity index is 1.40. The van der Waals surface area contributed by atoms with Gasteiger partial charge in [-0.15, -0.1) is 22.7 Å².